The summed E-state index contributed by atoms with van der Waals surface area (Å²) in [4.78, 5) is 32.2. The molecule has 0 radical (unpaired) electrons. The Morgan fingerprint density at radius 1 is 1.14 bits per heavy atom. The van der Waals surface area contributed by atoms with Gasteiger partial charge in [-0.3, -0.25) is 9.59 Å². The number of fused-ring (bicyclic) bond motifs is 1. The van der Waals surface area contributed by atoms with E-state index in [-0.39, 0.29) is 18.2 Å². The number of ether oxygens (including phenoxy) is 1. The average Bonchev–Trinajstić information content (AvgIpc) is 3.17. The number of rotatable bonds is 5. The predicted molar refractivity (Wildman–Crippen MR) is 108 cm³/mol. The van der Waals surface area contributed by atoms with Gasteiger partial charge in [0, 0.05) is 25.5 Å². The first-order valence-corrected chi connectivity index (χ1v) is 9.76. The number of aryl methyl sites for hydroxylation is 1. The molecule has 3 aromatic rings. The van der Waals surface area contributed by atoms with Gasteiger partial charge in [-0.25, -0.2) is 4.98 Å². The first kappa shape index (κ1) is 19.1. The molecule has 4 rings (SSSR count). The summed E-state index contributed by atoms with van der Waals surface area (Å²) in [5.74, 6) is -0.328. The quantitative estimate of drug-likeness (QED) is 0.720. The van der Waals surface area contributed by atoms with E-state index in [1.165, 1.54) is 0 Å². The molecule has 1 atom stereocenters. The normalized spacial score (nSPS) is 15.3. The van der Waals surface area contributed by atoms with Crippen molar-refractivity contribution < 1.29 is 14.3 Å². The van der Waals surface area contributed by atoms with Crippen molar-refractivity contribution in [2.24, 2.45) is 0 Å². The second kappa shape index (κ2) is 8.45. The molecular formula is C22H24N4O3. The number of aromatic nitrogens is 2. The zero-order valence-corrected chi connectivity index (χ0v) is 16.4. The summed E-state index contributed by atoms with van der Waals surface area (Å²) in [7, 11) is 0. The Morgan fingerprint density at radius 3 is 2.66 bits per heavy atom. The van der Waals surface area contributed by atoms with Crippen LogP contribution in [0.1, 0.15) is 22.9 Å². The smallest absolute Gasteiger partial charge is 0.249 e. The summed E-state index contributed by atoms with van der Waals surface area (Å²) in [5.41, 5.74) is 3.43. The molecule has 0 saturated carbocycles. The van der Waals surface area contributed by atoms with Crippen molar-refractivity contribution >= 4 is 17.5 Å². The molecule has 1 saturated heterocycles. The number of hydrogen-bond acceptors (Lipinski definition) is 4. The van der Waals surface area contributed by atoms with Crippen molar-refractivity contribution in [1.82, 2.24) is 19.6 Å². The highest BCUT2D eigenvalue weighted by Crippen LogP contribution is 2.18. The van der Waals surface area contributed by atoms with Crippen molar-refractivity contribution in [2.75, 3.05) is 26.3 Å². The van der Waals surface area contributed by atoms with Gasteiger partial charge in [0.25, 0.3) is 0 Å². The lowest BCUT2D eigenvalue weighted by Crippen LogP contribution is -2.47. The fourth-order valence-corrected chi connectivity index (χ4v) is 3.61. The maximum Gasteiger partial charge on any atom is 0.249 e. The van der Waals surface area contributed by atoms with E-state index in [4.69, 9.17) is 4.74 Å². The lowest BCUT2D eigenvalue weighted by atomic mass is 10.0. The highest BCUT2D eigenvalue weighted by Gasteiger charge is 2.28. The molecule has 2 aromatic heterocycles. The molecule has 1 fully saturated rings. The molecule has 150 valence electrons. The van der Waals surface area contributed by atoms with Crippen LogP contribution in [0.25, 0.3) is 5.65 Å². The number of nitrogens with one attached hydrogen (secondary N) is 1. The van der Waals surface area contributed by atoms with Gasteiger partial charge < -0.3 is 19.4 Å². The molecule has 7 nitrogen and oxygen atoms in total. The third-order valence-electron chi connectivity index (χ3n) is 5.16. The van der Waals surface area contributed by atoms with Crippen LogP contribution in [0, 0.1) is 6.92 Å². The van der Waals surface area contributed by atoms with Gasteiger partial charge in [0.1, 0.15) is 11.7 Å². The molecule has 29 heavy (non-hydrogen) atoms. The number of carbonyl (C=O) groups excluding carboxylic acids is 2. The number of benzene rings is 1. The van der Waals surface area contributed by atoms with Crippen molar-refractivity contribution in [3.63, 3.8) is 0 Å². The Bertz CT molecular complexity index is 1010. The maximum absolute atomic E-state index is 13.1. The largest absolute Gasteiger partial charge is 0.378 e. The van der Waals surface area contributed by atoms with Crippen LogP contribution < -0.4 is 5.32 Å². The molecule has 1 aliphatic rings. The van der Waals surface area contributed by atoms with Gasteiger partial charge >= 0.3 is 0 Å². The van der Waals surface area contributed by atoms with Gasteiger partial charge in [-0.15, -0.1) is 0 Å². The van der Waals surface area contributed by atoms with Gasteiger partial charge in [0.05, 0.1) is 25.3 Å². The Kier molecular flexibility index (Phi) is 5.57. The minimum absolute atomic E-state index is 0.109. The number of hydrogen-bond donors (Lipinski definition) is 1. The van der Waals surface area contributed by atoms with E-state index in [0.717, 1.165) is 22.5 Å². The monoisotopic (exact) mass is 392 g/mol. The summed E-state index contributed by atoms with van der Waals surface area (Å²) in [6.07, 6.45) is 3.75. The summed E-state index contributed by atoms with van der Waals surface area (Å²) in [6.45, 7) is 4.08. The van der Waals surface area contributed by atoms with Crippen molar-refractivity contribution in [3.8, 4) is 0 Å². The molecule has 7 heteroatoms. The number of nitrogens with zero attached hydrogens (tertiary/aromatic N) is 3. The Morgan fingerprint density at radius 2 is 1.90 bits per heavy atom. The maximum atomic E-state index is 13.1. The first-order chi connectivity index (χ1) is 14.1. The van der Waals surface area contributed by atoms with Crippen LogP contribution in [-0.4, -0.2) is 52.4 Å². The molecule has 2 amide bonds. The number of carbonyl (C=O) groups is 2. The number of amides is 2. The van der Waals surface area contributed by atoms with Crippen LogP contribution in [0.15, 0.2) is 54.9 Å². The van der Waals surface area contributed by atoms with Crippen molar-refractivity contribution in [2.45, 2.75) is 19.4 Å². The molecule has 0 spiro atoms. The zero-order chi connectivity index (χ0) is 20.2. The van der Waals surface area contributed by atoms with E-state index >= 15 is 0 Å². The molecule has 1 aliphatic heterocycles. The molecule has 0 aliphatic carbocycles. The second-order valence-corrected chi connectivity index (χ2v) is 7.16. The number of imidazole rings is 1. The van der Waals surface area contributed by atoms with E-state index in [2.05, 4.69) is 10.3 Å². The third kappa shape index (κ3) is 4.14. The minimum atomic E-state index is -0.720. The fourth-order valence-electron chi connectivity index (χ4n) is 3.61. The lowest BCUT2D eigenvalue weighted by molar-refractivity contribution is -0.140. The molecule has 1 N–H and O–H groups in total. The zero-order valence-electron chi connectivity index (χ0n) is 16.4. The van der Waals surface area contributed by atoms with E-state index in [1.54, 1.807) is 11.1 Å². The topological polar surface area (TPSA) is 75.9 Å². The standard InChI is InChI=1S/C22H24N4O3/c1-16-6-5-9-26-18(15-23-21(16)26)14-19(27)24-20(17-7-3-2-4-8-17)22(28)25-10-12-29-13-11-25/h2-9,15,20H,10-14H2,1H3,(H,24,27). The fraction of sp³-hybridized carbons (Fsp3) is 0.318. The van der Waals surface area contributed by atoms with Crippen LogP contribution in [0.3, 0.4) is 0 Å². The van der Waals surface area contributed by atoms with Gasteiger partial charge in [-0.2, -0.15) is 0 Å². The van der Waals surface area contributed by atoms with Crippen LogP contribution in [0.4, 0.5) is 0 Å². The lowest BCUT2D eigenvalue weighted by Gasteiger charge is -2.31. The molecular weight excluding hydrogens is 368 g/mol. The SMILES string of the molecule is Cc1cccn2c(CC(=O)NC(C(=O)N3CCOCC3)c3ccccc3)cnc12. The average molecular weight is 392 g/mol. The third-order valence-corrected chi connectivity index (χ3v) is 5.16. The summed E-state index contributed by atoms with van der Waals surface area (Å²) >= 11 is 0. The van der Waals surface area contributed by atoms with E-state index in [1.807, 2.05) is 60.0 Å². The van der Waals surface area contributed by atoms with Crippen molar-refractivity contribution in [1.29, 1.82) is 0 Å². The van der Waals surface area contributed by atoms with Crippen molar-refractivity contribution in [3.05, 3.63) is 71.7 Å². The Balaban J connectivity index is 1.54. The van der Waals surface area contributed by atoms with Gasteiger partial charge in [-0.05, 0) is 24.1 Å². The van der Waals surface area contributed by atoms with Gasteiger partial charge in [-0.1, -0.05) is 36.4 Å². The first-order valence-electron chi connectivity index (χ1n) is 9.76. The van der Waals surface area contributed by atoms with Crippen LogP contribution in [0.2, 0.25) is 0 Å². The van der Waals surface area contributed by atoms with Crippen LogP contribution in [-0.2, 0) is 20.7 Å². The minimum Gasteiger partial charge on any atom is -0.378 e. The van der Waals surface area contributed by atoms with E-state index in [9.17, 15) is 9.59 Å². The number of pyridine rings is 1. The second-order valence-electron chi connectivity index (χ2n) is 7.16. The predicted octanol–water partition coefficient (Wildman–Crippen LogP) is 1.90. The Hall–Kier alpha value is -3.19. The van der Waals surface area contributed by atoms with Crippen LogP contribution >= 0.6 is 0 Å². The molecule has 3 heterocycles. The van der Waals surface area contributed by atoms with Gasteiger partial charge in [0.2, 0.25) is 11.8 Å². The van der Waals surface area contributed by atoms with Crippen LogP contribution in [0.5, 0.6) is 0 Å². The summed E-state index contributed by atoms with van der Waals surface area (Å²) in [5, 5.41) is 2.94. The highest BCUT2D eigenvalue weighted by atomic mass is 16.5. The Labute approximate surface area is 169 Å². The summed E-state index contributed by atoms with van der Waals surface area (Å²) < 4.78 is 7.26. The molecule has 1 aromatic carbocycles. The molecule has 1 unspecified atom stereocenters. The van der Waals surface area contributed by atoms with Gasteiger partial charge in [0.15, 0.2) is 0 Å². The highest BCUT2D eigenvalue weighted by molar-refractivity contribution is 5.89. The van der Waals surface area contributed by atoms with E-state index in [0.29, 0.717) is 26.3 Å². The van der Waals surface area contributed by atoms with E-state index < -0.39 is 6.04 Å². The number of morpholine rings is 1. The summed E-state index contributed by atoms with van der Waals surface area (Å²) in [6, 6.07) is 12.5. The molecule has 0 bridgehead atoms.